The van der Waals surface area contributed by atoms with Gasteiger partial charge in [-0.3, -0.25) is 18.4 Å². The molecule has 0 fully saturated rings. The molecule has 0 amide bonds. The van der Waals surface area contributed by atoms with Crippen LogP contribution in [0.25, 0.3) is 0 Å². The first-order valence-electron chi connectivity index (χ1n) is 10.3. The molecule has 0 radical (unpaired) electrons. The van der Waals surface area contributed by atoms with E-state index in [1.807, 2.05) is 6.07 Å². The van der Waals surface area contributed by atoms with Crippen LogP contribution in [0, 0.1) is 0 Å². The molecule has 33 heavy (non-hydrogen) atoms. The molecule has 0 bridgehead atoms. The molecule has 0 aliphatic rings. The van der Waals surface area contributed by atoms with Crippen molar-refractivity contribution in [1.29, 1.82) is 0 Å². The van der Waals surface area contributed by atoms with E-state index in [9.17, 15) is 33.6 Å². The van der Waals surface area contributed by atoms with Gasteiger partial charge in [0.2, 0.25) is 12.7 Å². The normalized spacial score (nSPS) is 16.8. The molecule has 0 aromatic heterocycles. The van der Waals surface area contributed by atoms with Gasteiger partial charge in [-0.15, -0.1) is 0 Å². The maximum atomic E-state index is 13.3. The lowest BCUT2D eigenvalue weighted by atomic mass is 10.1. The van der Waals surface area contributed by atoms with Gasteiger partial charge in [0, 0.05) is 19.0 Å². The predicted molar refractivity (Wildman–Crippen MR) is 123 cm³/mol. The second-order valence-electron chi connectivity index (χ2n) is 7.69. The highest BCUT2D eigenvalue weighted by Gasteiger charge is 2.58. The second-order valence-corrected chi connectivity index (χ2v) is 12.2. The summed E-state index contributed by atoms with van der Waals surface area (Å²) in [5, 5.41) is 15.9. The maximum absolute atomic E-state index is 13.3. The van der Waals surface area contributed by atoms with Crippen LogP contribution in [-0.2, 0) is 36.1 Å². The number of aliphatic carboxylic acids is 2. The van der Waals surface area contributed by atoms with Crippen LogP contribution in [0.2, 0.25) is 0 Å². The van der Waals surface area contributed by atoms with Crippen molar-refractivity contribution >= 4 is 26.9 Å². The first-order chi connectivity index (χ1) is 15.5. The number of carboxylic acid groups (broad SMARTS) is 2. The van der Waals surface area contributed by atoms with Gasteiger partial charge in [-0.2, -0.15) is 0 Å². The van der Waals surface area contributed by atoms with Crippen molar-refractivity contribution in [3.05, 3.63) is 71.8 Å². The van der Waals surface area contributed by atoms with Gasteiger partial charge < -0.3 is 20.0 Å². The first kappa shape index (κ1) is 27.0. The third-order valence-electron chi connectivity index (χ3n) is 5.17. The van der Waals surface area contributed by atoms with Crippen molar-refractivity contribution < 1.29 is 43.2 Å². The second kappa shape index (κ2) is 11.7. The van der Waals surface area contributed by atoms with Crippen LogP contribution in [-0.4, -0.2) is 49.6 Å². The highest BCUT2D eigenvalue weighted by molar-refractivity contribution is 7.62. The van der Waals surface area contributed by atoms with E-state index in [0.29, 0.717) is 12.0 Å². The molecule has 0 spiro atoms. The smallest absolute Gasteiger partial charge is 0.346 e. The van der Waals surface area contributed by atoms with E-state index in [1.54, 1.807) is 54.6 Å². The number of hydrogen-bond donors (Lipinski definition) is 4. The predicted octanol–water partition coefficient (Wildman–Crippen LogP) is 3.98. The SMILES string of the molecule is O=C(O)CCC(OP(=O)(O)CCc1ccccc1)(C(=O)O)P(=O)(O)CCCc1ccccc1. The Labute approximate surface area is 192 Å². The summed E-state index contributed by atoms with van der Waals surface area (Å²) in [5.41, 5.74) is 1.55. The average Bonchev–Trinajstić information content (AvgIpc) is 2.76. The van der Waals surface area contributed by atoms with Crippen LogP contribution in [0.3, 0.4) is 0 Å². The maximum Gasteiger partial charge on any atom is 0.346 e. The Morgan fingerprint density at radius 3 is 1.82 bits per heavy atom. The summed E-state index contributed by atoms with van der Waals surface area (Å²) in [6, 6.07) is 17.6. The van der Waals surface area contributed by atoms with E-state index in [1.165, 1.54) is 0 Å². The summed E-state index contributed by atoms with van der Waals surface area (Å²) in [5.74, 6) is -3.37. The molecule has 0 aliphatic carbocycles. The van der Waals surface area contributed by atoms with Gasteiger partial charge in [-0.05, 0) is 30.4 Å². The molecular weight excluding hydrogens is 470 g/mol. The highest BCUT2D eigenvalue weighted by Crippen LogP contribution is 2.64. The standard InChI is InChI=1S/C22H28O9P2/c23-20(24)13-15-22(21(25)26,31-33(29,30)17-14-19-10-5-2-6-11-19)32(27,28)16-7-12-18-8-3-1-4-9-18/h1-6,8-11H,7,12-17H2,(H,23,24)(H,25,26)(H,27,28)(H,29,30). The van der Waals surface area contributed by atoms with Crippen LogP contribution in [0.5, 0.6) is 0 Å². The molecule has 2 rings (SSSR count). The Morgan fingerprint density at radius 2 is 1.33 bits per heavy atom. The number of carbonyl (C=O) groups is 2. The summed E-state index contributed by atoms with van der Waals surface area (Å²) >= 11 is 0. The zero-order valence-electron chi connectivity index (χ0n) is 17.9. The molecule has 0 saturated carbocycles. The molecule has 9 nitrogen and oxygen atoms in total. The van der Waals surface area contributed by atoms with E-state index in [-0.39, 0.29) is 12.8 Å². The zero-order chi connectivity index (χ0) is 24.5. The molecule has 0 aliphatic heterocycles. The molecule has 11 heteroatoms. The Balaban J connectivity index is 2.25. The summed E-state index contributed by atoms with van der Waals surface area (Å²) in [7, 11) is -9.48. The van der Waals surface area contributed by atoms with Gasteiger partial charge in [-0.1, -0.05) is 60.7 Å². The van der Waals surface area contributed by atoms with Crippen molar-refractivity contribution in [3.8, 4) is 0 Å². The van der Waals surface area contributed by atoms with E-state index in [4.69, 9.17) is 9.63 Å². The quantitative estimate of drug-likeness (QED) is 0.283. The van der Waals surface area contributed by atoms with E-state index in [2.05, 4.69) is 0 Å². The van der Waals surface area contributed by atoms with Gasteiger partial charge in [0.05, 0.1) is 6.16 Å². The number of rotatable bonds is 14. The molecule has 3 unspecified atom stereocenters. The van der Waals surface area contributed by atoms with Crippen LogP contribution < -0.4 is 0 Å². The fourth-order valence-electron chi connectivity index (χ4n) is 3.38. The van der Waals surface area contributed by atoms with Gasteiger partial charge in [-0.25, -0.2) is 4.79 Å². The Morgan fingerprint density at radius 1 is 0.818 bits per heavy atom. The van der Waals surface area contributed by atoms with E-state index < -0.39 is 57.4 Å². The largest absolute Gasteiger partial charge is 0.481 e. The van der Waals surface area contributed by atoms with Crippen LogP contribution in [0.15, 0.2) is 60.7 Å². The molecule has 0 saturated heterocycles. The molecule has 0 heterocycles. The van der Waals surface area contributed by atoms with Crippen molar-refractivity contribution in [1.82, 2.24) is 0 Å². The number of benzene rings is 2. The summed E-state index contributed by atoms with van der Waals surface area (Å²) in [6.07, 6.45) is -2.24. The van der Waals surface area contributed by atoms with Crippen LogP contribution in [0.4, 0.5) is 0 Å². The Hall–Kier alpha value is -2.28. The number of aryl methyl sites for hydroxylation is 2. The van der Waals surface area contributed by atoms with Gasteiger partial charge >= 0.3 is 19.5 Å². The molecule has 2 aromatic carbocycles. The topological polar surface area (TPSA) is 158 Å². The lowest BCUT2D eigenvalue weighted by molar-refractivity contribution is -0.150. The molecule has 180 valence electrons. The third kappa shape index (κ3) is 7.91. The minimum atomic E-state index is -4.79. The summed E-state index contributed by atoms with van der Waals surface area (Å²) < 4.78 is 31.1. The van der Waals surface area contributed by atoms with E-state index in [0.717, 1.165) is 5.56 Å². The molecule has 3 atom stereocenters. The van der Waals surface area contributed by atoms with Gasteiger partial charge in [0.15, 0.2) is 0 Å². The lowest BCUT2D eigenvalue weighted by Gasteiger charge is -2.34. The zero-order valence-corrected chi connectivity index (χ0v) is 19.7. The van der Waals surface area contributed by atoms with E-state index >= 15 is 0 Å². The number of carboxylic acids is 2. The number of hydrogen-bond acceptors (Lipinski definition) is 5. The summed E-state index contributed by atoms with van der Waals surface area (Å²) in [6.45, 7) is 0. The lowest BCUT2D eigenvalue weighted by Crippen LogP contribution is -2.42. The van der Waals surface area contributed by atoms with Crippen molar-refractivity contribution in [3.63, 3.8) is 0 Å². The minimum Gasteiger partial charge on any atom is -0.481 e. The van der Waals surface area contributed by atoms with Gasteiger partial charge in [0.1, 0.15) is 0 Å². The Kier molecular flexibility index (Phi) is 9.58. The van der Waals surface area contributed by atoms with Crippen LogP contribution in [0.1, 0.15) is 30.4 Å². The van der Waals surface area contributed by atoms with Crippen molar-refractivity contribution in [2.45, 2.75) is 37.4 Å². The van der Waals surface area contributed by atoms with Crippen molar-refractivity contribution in [2.24, 2.45) is 0 Å². The molecule has 4 N–H and O–H groups in total. The van der Waals surface area contributed by atoms with Gasteiger partial charge in [0.25, 0.3) is 0 Å². The monoisotopic (exact) mass is 498 g/mol. The fraction of sp³-hybridized carbons (Fsp3) is 0.364. The molecular formula is C22H28O9P2. The fourth-order valence-corrected chi connectivity index (χ4v) is 7.25. The highest BCUT2D eigenvalue weighted by atomic mass is 31.2. The third-order valence-corrected chi connectivity index (χ3v) is 9.25. The summed E-state index contributed by atoms with van der Waals surface area (Å²) in [4.78, 5) is 44.4. The van der Waals surface area contributed by atoms with Crippen LogP contribution >= 0.6 is 15.0 Å². The van der Waals surface area contributed by atoms with Crippen molar-refractivity contribution in [2.75, 3.05) is 12.3 Å². The minimum absolute atomic E-state index is 0.0625. The average molecular weight is 498 g/mol. The Bertz CT molecular complexity index is 1030. The first-order valence-corrected chi connectivity index (χ1v) is 14.0. The molecule has 2 aromatic rings.